The number of carboxylic acids is 2. The first-order valence-electron chi connectivity index (χ1n) is 17.4. The van der Waals surface area contributed by atoms with Gasteiger partial charge in [0.15, 0.2) is 21.3 Å². The van der Waals surface area contributed by atoms with Crippen molar-refractivity contribution >= 4 is 50.0 Å². The summed E-state index contributed by atoms with van der Waals surface area (Å²) in [6.07, 6.45) is -3.76. The van der Waals surface area contributed by atoms with Gasteiger partial charge in [-0.1, -0.05) is 18.2 Å². The van der Waals surface area contributed by atoms with Crippen molar-refractivity contribution in [3.8, 4) is 11.5 Å². The number of aliphatic carboxylic acids is 2. The Labute approximate surface area is 320 Å². The second-order valence-electron chi connectivity index (χ2n) is 13.3. The van der Waals surface area contributed by atoms with Gasteiger partial charge in [0.05, 0.1) is 34.8 Å². The molecule has 1 saturated heterocycles. The molecule has 2 heterocycles. The zero-order chi connectivity index (χ0) is 41.7. The highest BCUT2D eigenvalue weighted by molar-refractivity contribution is 7.92. The van der Waals surface area contributed by atoms with Crippen LogP contribution in [0.5, 0.6) is 11.5 Å². The van der Waals surface area contributed by atoms with Crippen LogP contribution in [-0.4, -0.2) is 77.0 Å². The summed E-state index contributed by atoms with van der Waals surface area (Å²) in [5.74, 6) is -5.76. The molecule has 1 aromatic heterocycles. The van der Waals surface area contributed by atoms with Gasteiger partial charge in [-0.15, -0.1) is 0 Å². The number of likely N-dealkylation sites (tertiary alicyclic amines) is 1. The Morgan fingerprint density at radius 1 is 1.02 bits per heavy atom. The fraction of sp³-hybridized carbons (Fsp3) is 0.368. The molecule has 0 radical (unpaired) electrons. The molecule has 13 nitrogen and oxygen atoms in total. The van der Waals surface area contributed by atoms with Crippen molar-refractivity contribution in [3.05, 3.63) is 83.8 Å². The van der Waals surface area contributed by atoms with Crippen molar-refractivity contribution in [3.63, 3.8) is 0 Å². The number of carboxylic acid groups (broad SMARTS) is 2. The molecule has 3 atom stereocenters. The number of carbonyl (C=O) groups excluding carboxylic acids is 1. The fourth-order valence-electron chi connectivity index (χ4n) is 6.20. The van der Waals surface area contributed by atoms with Crippen molar-refractivity contribution < 1.29 is 60.0 Å². The van der Waals surface area contributed by atoms with Crippen molar-refractivity contribution in [1.29, 1.82) is 0 Å². The minimum atomic E-state index is -5.08. The SMILES string of the molecule is CCOc1cc([C@@H](Nc2ccc3c(N)nccc3c2)C(=O)N2CC[C@H](C(=O)O)[C@@H]2c2ccccc2S(=O)(=O)C(C)C)c(F)cc1OC(C)C.O=C(O)C(F)(F)F. The number of nitrogens with one attached hydrogen (secondary N) is 1. The predicted octanol–water partition coefficient (Wildman–Crippen LogP) is 6.79. The zero-order valence-electron chi connectivity index (χ0n) is 31.0. The second-order valence-corrected chi connectivity index (χ2v) is 15.7. The lowest BCUT2D eigenvalue weighted by Crippen LogP contribution is -2.40. The summed E-state index contributed by atoms with van der Waals surface area (Å²) in [4.78, 5) is 41.8. The van der Waals surface area contributed by atoms with Crippen LogP contribution in [0.2, 0.25) is 0 Å². The number of nitrogens with two attached hydrogens (primary N) is 1. The van der Waals surface area contributed by atoms with Crippen molar-refractivity contribution in [1.82, 2.24) is 9.88 Å². The van der Waals surface area contributed by atoms with E-state index in [1.807, 2.05) is 0 Å². The molecule has 1 aliphatic rings. The molecule has 302 valence electrons. The maximum Gasteiger partial charge on any atom is 0.490 e. The number of sulfone groups is 1. The van der Waals surface area contributed by atoms with Crippen LogP contribution in [0.1, 0.15) is 64.3 Å². The van der Waals surface area contributed by atoms with Gasteiger partial charge in [0.2, 0.25) is 5.91 Å². The van der Waals surface area contributed by atoms with E-state index in [9.17, 15) is 36.3 Å². The first kappa shape index (κ1) is 43.1. The van der Waals surface area contributed by atoms with E-state index in [4.69, 9.17) is 25.1 Å². The van der Waals surface area contributed by atoms with Gasteiger partial charge in [0.1, 0.15) is 17.7 Å². The number of amides is 1. The van der Waals surface area contributed by atoms with Crippen molar-refractivity contribution in [2.75, 3.05) is 24.2 Å². The van der Waals surface area contributed by atoms with E-state index < -0.39 is 62.9 Å². The Morgan fingerprint density at radius 3 is 2.27 bits per heavy atom. The Kier molecular flexibility index (Phi) is 13.4. The van der Waals surface area contributed by atoms with E-state index >= 15 is 4.39 Å². The number of ether oxygens (including phenoxy) is 2. The summed E-state index contributed by atoms with van der Waals surface area (Å²) in [6, 6.07) is 13.1. The van der Waals surface area contributed by atoms with Gasteiger partial charge in [0, 0.05) is 35.4 Å². The topological polar surface area (TPSA) is 198 Å². The van der Waals surface area contributed by atoms with Crippen LogP contribution in [0.15, 0.2) is 71.8 Å². The number of hydrogen-bond donors (Lipinski definition) is 4. The van der Waals surface area contributed by atoms with Crippen LogP contribution in [0.25, 0.3) is 10.8 Å². The molecule has 5 rings (SSSR count). The Bertz CT molecular complexity index is 2200. The molecule has 0 spiro atoms. The normalized spacial score (nSPS) is 16.3. The van der Waals surface area contributed by atoms with E-state index in [0.717, 1.165) is 5.39 Å². The largest absolute Gasteiger partial charge is 0.490 e. The Hall–Kier alpha value is -5.65. The van der Waals surface area contributed by atoms with E-state index in [2.05, 4.69) is 10.3 Å². The summed E-state index contributed by atoms with van der Waals surface area (Å²) < 4.78 is 86.6. The lowest BCUT2D eigenvalue weighted by atomic mass is 9.93. The van der Waals surface area contributed by atoms with Gasteiger partial charge in [-0.2, -0.15) is 13.2 Å². The van der Waals surface area contributed by atoms with Gasteiger partial charge < -0.3 is 35.6 Å². The summed E-state index contributed by atoms with van der Waals surface area (Å²) in [7, 11) is -3.87. The lowest BCUT2D eigenvalue weighted by molar-refractivity contribution is -0.192. The van der Waals surface area contributed by atoms with Gasteiger partial charge in [-0.05, 0) is 88.4 Å². The first-order chi connectivity index (χ1) is 26.2. The van der Waals surface area contributed by atoms with Crippen molar-refractivity contribution in [2.24, 2.45) is 5.92 Å². The standard InChI is InChI=1S/C36H41FN4O7S.C2HF3O2/c1-6-47-29-18-27(28(37)19-30(29)48-20(2)3)32(40-23-11-12-24-22(17-23)13-15-39-34(24)38)35(42)41-16-14-26(36(43)44)33(41)25-9-7-8-10-31(25)49(45,46)21(4)5;3-2(4,5)1(6)7/h7-13,15,17-21,26,32-33,40H,6,14,16H2,1-5H3,(H2,38,39)(H,43,44);(H,6,7)/t26-,32+,33-;/m0./s1. The molecular weight excluding hydrogens is 764 g/mol. The zero-order valence-corrected chi connectivity index (χ0v) is 31.8. The number of halogens is 4. The highest BCUT2D eigenvalue weighted by Crippen LogP contribution is 2.44. The Morgan fingerprint density at radius 2 is 1.68 bits per heavy atom. The second kappa shape index (κ2) is 17.4. The molecule has 1 fully saturated rings. The molecule has 1 amide bonds. The van der Waals surface area contributed by atoms with Crippen LogP contribution in [0, 0.1) is 11.7 Å². The lowest BCUT2D eigenvalue weighted by Gasteiger charge is -2.33. The van der Waals surface area contributed by atoms with Crippen LogP contribution in [-0.2, 0) is 24.2 Å². The smallest absolute Gasteiger partial charge is 0.490 e. The molecule has 0 unspecified atom stereocenters. The predicted molar refractivity (Wildman–Crippen MR) is 199 cm³/mol. The maximum atomic E-state index is 16.2. The van der Waals surface area contributed by atoms with Gasteiger partial charge >= 0.3 is 18.1 Å². The molecule has 1 aliphatic heterocycles. The average molecular weight is 807 g/mol. The molecular formula is C38H42F4N4O9S. The molecule has 18 heteroatoms. The number of carbonyl (C=O) groups is 3. The van der Waals surface area contributed by atoms with E-state index in [1.54, 1.807) is 63.4 Å². The number of pyridine rings is 1. The third-order valence-electron chi connectivity index (χ3n) is 8.80. The number of anilines is 2. The Balaban J connectivity index is 0.000000908. The quantitative estimate of drug-likeness (QED) is 0.110. The summed E-state index contributed by atoms with van der Waals surface area (Å²) >= 11 is 0. The molecule has 4 aromatic rings. The number of rotatable bonds is 12. The number of aromatic nitrogens is 1. The molecule has 56 heavy (non-hydrogen) atoms. The molecule has 3 aromatic carbocycles. The van der Waals surface area contributed by atoms with Crippen molar-refractivity contribution in [2.45, 2.75) is 75.5 Å². The summed E-state index contributed by atoms with van der Waals surface area (Å²) in [6.45, 7) is 8.66. The van der Waals surface area contributed by atoms with Crippen LogP contribution < -0.4 is 20.5 Å². The fourth-order valence-corrected chi connectivity index (χ4v) is 7.50. The monoisotopic (exact) mass is 806 g/mol. The number of nitrogen functional groups attached to an aromatic ring is 1. The number of alkyl halides is 3. The van der Waals surface area contributed by atoms with Gasteiger partial charge in [0.25, 0.3) is 0 Å². The number of fused-ring (bicyclic) bond motifs is 1. The van der Waals surface area contributed by atoms with Gasteiger partial charge in [-0.25, -0.2) is 22.6 Å². The van der Waals surface area contributed by atoms with Crippen LogP contribution in [0.3, 0.4) is 0 Å². The molecule has 0 bridgehead atoms. The third-order valence-corrected chi connectivity index (χ3v) is 11.0. The van der Waals surface area contributed by atoms with E-state index in [1.165, 1.54) is 43.0 Å². The average Bonchev–Trinajstić information content (AvgIpc) is 3.57. The minimum absolute atomic E-state index is 0.0108. The molecule has 5 N–H and O–H groups in total. The van der Waals surface area contributed by atoms with Crippen LogP contribution >= 0.6 is 0 Å². The van der Waals surface area contributed by atoms with E-state index in [-0.39, 0.29) is 53.2 Å². The number of benzene rings is 3. The highest BCUT2D eigenvalue weighted by Gasteiger charge is 2.46. The molecule has 0 aliphatic carbocycles. The highest BCUT2D eigenvalue weighted by atomic mass is 32.2. The van der Waals surface area contributed by atoms with E-state index in [0.29, 0.717) is 16.9 Å². The maximum absolute atomic E-state index is 16.2. The minimum Gasteiger partial charge on any atom is -0.490 e. The van der Waals surface area contributed by atoms with Gasteiger partial charge in [-0.3, -0.25) is 9.59 Å². The third kappa shape index (κ3) is 9.58. The molecule has 0 saturated carbocycles. The summed E-state index contributed by atoms with van der Waals surface area (Å²) in [5, 5.41) is 21.2. The summed E-state index contributed by atoms with van der Waals surface area (Å²) in [5.41, 5.74) is 6.63. The number of nitrogens with zero attached hydrogens (tertiary/aromatic N) is 2. The first-order valence-corrected chi connectivity index (χ1v) is 18.9. The van der Waals surface area contributed by atoms with Crippen LogP contribution in [0.4, 0.5) is 29.1 Å². The number of hydrogen-bond acceptors (Lipinski definition) is 10.